The van der Waals surface area contributed by atoms with Crippen LogP contribution in [0, 0.1) is 0 Å². The first kappa shape index (κ1) is 18.5. The van der Waals surface area contributed by atoms with Gasteiger partial charge in [0.25, 0.3) is 10.0 Å². The zero-order valence-corrected chi connectivity index (χ0v) is 15.5. The highest BCUT2D eigenvalue weighted by molar-refractivity contribution is 7.89. The summed E-state index contributed by atoms with van der Waals surface area (Å²) in [4.78, 5) is 2.32. The van der Waals surface area contributed by atoms with Crippen LogP contribution in [0.25, 0.3) is 11.3 Å². The number of nitrogens with one attached hydrogen (secondary N) is 2. The Morgan fingerprint density at radius 3 is 2.52 bits per heavy atom. The first-order valence-corrected chi connectivity index (χ1v) is 9.39. The van der Waals surface area contributed by atoms with Crippen LogP contribution in [0.15, 0.2) is 64.7 Å². The molecule has 2 aromatic carbocycles. The van der Waals surface area contributed by atoms with Crippen molar-refractivity contribution in [1.82, 2.24) is 15.0 Å². The number of hydrazone groups is 1. The summed E-state index contributed by atoms with van der Waals surface area (Å²) in [5.74, 6) is 1.17. The smallest absolute Gasteiger partial charge is 0.276 e. The Labute approximate surface area is 156 Å². The lowest BCUT2D eigenvalue weighted by Crippen LogP contribution is -2.18. The second-order valence-corrected chi connectivity index (χ2v) is 7.10. The Morgan fingerprint density at radius 1 is 1.07 bits per heavy atom. The van der Waals surface area contributed by atoms with Crippen LogP contribution in [0.3, 0.4) is 0 Å². The molecular formula is C18H18N4O4S. The van der Waals surface area contributed by atoms with Crippen molar-refractivity contribution < 1.29 is 17.9 Å². The van der Waals surface area contributed by atoms with Gasteiger partial charge < -0.3 is 9.47 Å². The molecule has 0 radical (unpaired) electrons. The van der Waals surface area contributed by atoms with E-state index in [-0.39, 0.29) is 4.90 Å². The summed E-state index contributed by atoms with van der Waals surface area (Å²) in [6.45, 7) is 0. The van der Waals surface area contributed by atoms with Crippen LogP contribution in [0.2, 0.25) is 0 Å². The van der Waals surface area contributed by atoms with Gasteiger partial charge in [-0.25, -0.2) is 4.83 Å². The molecule has 140 valence electrons. The van der Waals surface area contributed by atoms with E-state index < -0.39 is 10.0 Å². The van der Waals surface area contributed by atoms with Crippen molar-refractivity contribution in [1.29, 1.82) is 0 Å². The van der Waals surface area contributed by atoms with Gasteiger partial charge in [-0.05, 0) is 30.3 Å². The fraction of sp³-hybridized carbons (Fsp3) is 0.111. The molecule has 0 bridgehead atoms. The second kappa shape index (κ2) is 7.92. The first-order valence-electron chi connectivity index (χ1n) is 7.91. The summed E-state index contributed by atoms with van der Waals surface area (Å²) in [6.07, 6.45) is 2.93. The number of methoxy groups -OCH3 is 2. The molecular weight excluding hydrogens is 368 g/mol. The fourth-order valence-electron chi connectivity index (χ4n) is 2.43. The lowest BCUT2D eigenvalue weighted by molar-refractivity contribution is 0.355. The third-order valence-electron chi connectivity index (χ3n) is 3.77. The molecule has 0 amide bonds. The molecule has 0 aliphatic carbocycles. The van der Waals surface area contributed by atoms with Gasteiger partial charge in [-0.1, -0.05) is 18.2 Å². The van der Waals surface area contributed by atoms with E-state index in [4.69, 9.17) is 9.47 Å². The van der Waals surface area contributed by atoms with Crippen LogP contribution in [0.5, 0.6) is 11.5 Å². The number of nitrogens with zero attached hydrogens (tertiary/aromatic N) is 2. The Kier molecular flexibility index (Phi) is 5.41. The maximum Gasteiger partial charge on any atom is 0.276 e. The van der Waals surface area contributed by atoms with Crippen molar-refractivity contribution in [3.63, 3.8) is 0 Å². The number of hydrogen-bond acceptors (Lipinski definition) is 6. The van der Waals surface area contributed by atoms with Gasteiger partial charge in [0.2, 0.25) is 0 Å². The first-order chi connectivity index (χ1) is 13.0. The number of benzene rings is 2. The van der Waals surface area contributed by atoms with Gasteiger partial charge in [0.15, 0.2) is 11.5 Å². The predicted molar refractivity (Wildman–Crippen MR) is 101 cm³/mol. The standard InChI is InChI=1S/C18H18N4O4S/c1-25-16-9-8-13(10-17(16)26-2)18-14(11-19-21-18)12-20-22-27(23,24)15-6-4-3-5-7-15/h3-12,22H,1-2H3,(H,19,21)/b20-12+. The largest absolute Gasteiger partial charge is 0.493 e. The summed E-state index contributed by atoms with van der Waals surface area (Å²) < 4.78 is 34.9. The van der Waals surface area contributed by atoms with Crippen LogP contribution >= 0.6 is 0 Å². The molecule has 0 saturated carbocycles. The maximum absolute atomic E-state index is 12.2. The Balaban J connectivity index is 1.83. The summed E-state index contributed by atoms with van der Waals surface area (Å²) in [5, 5.41) is 10.7. The minimum atomic E-state index is -3.73. The van der Waals surface area contributed by atoms with E-state index >= 15 is 0 Å². The van der Waals surface area contributed by atoms with Crippen molar-refractivity contribution in [2.75, 3.05) is 14.2 Å². The Hall–Kier alpha value is -3.33. The predicted octanol–water partition coefficient (Wildman–Crippen LogP) is 2.41. The normalized spacial score (nSPS) is 11.5. The van der Waals surface area contributed by atoms with E-state index in [1.165, 1.54) is 18.3 Å². The van der Waals surface area contributed by atoms with E-state index in [2.05, 4.69) is 20.1 Å². The highest BCUT2D eigenvalue weighted by atomic mass is 32.2. The zero-order chi connectivity index (χ0) is 19.3. The molecule has 0 unspecified atom stereocenters. The molecule has 0 spiro atoms. The quantitative estimate of drug-likeness (QED) is 0.479. The monoisotopic (exact) mass is 386 g/mol. The van der Waals surface area contributed by atoms with Gasteiger partial charge in [-0.2, -0.15) is 18.6 Å². The lowest BCUT2D eigenvalue weighted by atomic mass is 10.1. The Bertz CT molecular complexity index is 1050. The fourth-order valence-corrected chi connectivity index (χ4v) is 3.25. The van der Waals surface area contributed by atoms with Crippen molar-refractivity contribution in [2.24, 2.45) is 5.10 Å². The van der Waals surface area contributed by atoms with E-state index in [0.29, 0.717) is 22.8 Å². The van der Waals surface area contributed by atoms with Gasteiger partial charge in [0.05, 0.1) is 37.2 Å². The molecule has 8 nitrogen and oxygen atoms in total. The summed E-state index contributed by atoms with van der Waals surface area (Å²) in [7, 11) is -0.615. The number of aromatic nitrogens is 2. The van der Waals surface area contributed by atoms with Crippen molar-refractivity contribution in [2.45, 2.75) is 4.90 Å². The molecule has 3 rings (SSSR count). The number of aromatic amines is 1. The summed E-state index contributed by atoms with van der Waals surface area (Å²) in [5.41, 5.74) is 2.06. The molecule has 0 atom stereocenters. The number of ether oxygens (including phenoxy) is 2. The third kappa shape index (κ3) is 4.09. The lowest BCUT2D eigenvalue weighted by Gasteiger charge is -2.09. The molecule has 0 saturated heterocycles. The van der Waals surface area contributed by atoms with Crippen molar-refractivity contribution in [3.05, 3.63) is 60.3 Å². The SMILES string of the molecule is COc1ccc(-c2[nH]ncc2/C=N/NS(=O)(=O)c2ccccc2)cc1OC. The van der Waals surface area contributed by atoms with Crippen LogP contribution in [0.4, 0.5) is 0 Å². The Morgan fingerprint density at radius 2 is 1.81 bits per heavy atom. The maximum atomic E-state index is 12.2. The average molecular weight is 386 g/mol. The number of rotatable bonds is 7. The highest BCUT2D eigenvalue weighted by Gasteiger charge is 2.13. The number of hydrogen-bond donors (Lipinski definition) is 2. The van der Waals surface area contributed by atoms with Gasteiger partial charge in [0.1, 0.15) is 0 Å². The highest BCUT2D eigenvalue weighted by Crippen LogP contribution is 2.32. The van der Waals surface area contributed by atoms with Gasteiger partial charge in [0, 0.05) is 11.1 Å². The molecule has 9 heteroatoms. The van der Waals surface area contributed by atoms with Crippen molar-refractivity contribution in [3.8, 4) is 22.8 Å². The van der Waals surface area contributed by atoms with Gasteiger partial charge in [-0.15, -0.1) is 0 Å². The second-order valence-electron chi connectivity index (χ2n) is 5.44. The molecule has 2 N–H and O–H groups in total. The minimum Gasteiger partial charge on any atom is -0.493 e. The molecule has 1 heterocycles. The third-order valence-corrected chi connectivity index (χ3v) is 5.01. The van der Waals surface area contributed by atoms with Gasteiger partial charge in [-0.3, -0.25) is 5.10 Å². The van der Waals surface area contributed by atoms with Crippen LogP contribution < -0.4 is 14.3 Å². The van der Waals surface area contributed by atoms with Crippen LogP contribution in [0.1, 0.15) is 5.56 Å². The zero-order valence-electron chi connectivity index (χ0n) is 14.7. The molecule has 0 aliphatic rings. The summed E-state index contributed by atoms with van der Waals surface area (Å²) in [6, 6.07) is 13.4. The molecule has 27 heavy (non-hydrogen) atoms. The molecule has 0 fully saturated rings. The van der Waals surface area contributed by atoms with Gasteiger partial charge >= 0.3 is 0 Å². The van der Waals surface area contributed by atoms with E-state index in [0.717, 1.165) is 5.56 Å². The molecule has 1 aromatic heterocycles. The molecule has 3 aromatic rings. The topological polar surface area (TPSA) is 106 Å². The number of sulfonamides is 1. The summed E-state index contributed by atoms with van der Waals surface area (Å²) >= 11 is 0. The van der Waals surface area contributed by atoms with E-state index in [1.807, 2.05) is 6.07 Å². The molecule has 0 aliphatic heterocycles. The van der Waals surface area contributed by atoms with Crippen molar-refractivity contribution >= 4 is 16.2 Å². The van der Waals surface area contributed by atoms with Crippen LogP contribution in [-0.2, 0) is 10.0 Å². The average Bonchev–Trinajstić information content (AvgIpc) is 3.16. The number of H-pyrrole nitrogens is 1. The van der Waals surface area contributed by atoms with E-state index in [9.17, 15) is 8.42 Å². The minimum absolute atomic E-state index is 0.134. The van der Waals surface area contributed by atoms with Crippen LogP contribution in [-0.4, -0.2) is 39.0 Å². The van der Waals surface area contributed by atoms with E-state index in [1.54, 1.807) is 50.7 Å².